The summed E-state index contributed by atoms with van der Waals surface area (Å²) in [4.78, 5) is 0. The van der Waals surface area contributed by atoms with Gasteiger partial charge in [-0.15, -0.1) is 6.58 Å². The maximum absolute atomic E-state index is 3.81. The summed E-state index contributed by atoms with van der Waals surface area (Å²) in [5, 5.41) is 0. The van der Waals surface area contributed by atoms with Crippen LogP contribution in [0.15, 0.2) is 12.7 Å². The standard InChI is InChI=1S/C14H28/c1-4-6-7-8-9-10-11-12-13-14(3)5-2/h5,14H,2,4,6-13H2,1,3H3. The van der Waals surface area contributed by atoms with Gasteiger partial charge in [0.2, 0.25) is 0 Å². The van der Waals surface area contributed by atoms with Crippen LogP contribution in [-0.4, -0.2) is 0 Å². The summed E-state index contributed by atoms with van der Waals surface area (Å²) >= 11 is 0. The van der Waals surface area contributed by atoms with Gasteiger partial charge in [0, 0.05) is 0 Å². The largest absolute Gasteiger partial charge is 0.103 e. The number of rotatable bonds is 10. The van der Waals surface area contributed by atoms with E-state index in [1.165, 1.54) is 57.8 Å². The molecular formula is C14H28. The van der Waals surface area contributed by atoms with Crippen molar-refractivity contribution in [3.63, 3.8) is 0 Å². The van der Waals surface area contributed by atoms with E-state index in [1.54, 1.807) is 0 Å². The molecular weight excluding hydrogens is 168 g/mol. The Morgan fingerprint density at radius 1 is 0.929 bits per heavy atom. The molecule has 0 N–H and O–H groups in total. The molecule has 0 heterocycles. The van der Waals surface area contributed by atoms with Gasteiger partial charge in [-0.25, -0.2) is 0 Å². The van der Waals surface area contributed by atoms with Gasteiger partial charge in [-0.1, -0.05) is 71.3 Å². The second-order valence-electron chi connectivity index (χ2n) is 4.48. The molecule has 0 rings (SSSR count). The van der Waals surface area contributed by atoms with Gasteiger partial charge in [0.25, 0.3) is 0 Å². The van der Waals surface area contributed by atoms with Gasteiger partial charge in [0.1, 0.15) is 0 Å². The molecule has 1 atom stereocenters. The summed E-state index contributed by atoms with van der Waals surface area (Å²) in [6, 6.07) is 0. The molecule has 0 aromatic heterocycles. The van der Waals surface area contributed by atoms with E-state index in [4.69, 9.17) is 0 Å². The van der Waals surface area contributed by atoms with Crippen molar-refractivity contribution < 1.29 is 0 Å². The topological polar surface area (TPSA) is 0 Å². The summed E-state index contributed by atoms with van der Waals surface area (Å²) in [7, 11) is 0. The first-order valence-electron chi connectivity index (χ1n) is 6.43. The molecule has 84 valence electrons. The van der Waals surface area contributed by atoms with Crippen LogP contribution in [-0.2, 0) is 0 Å². The SMILES string of the molecule is C=CC(C)CCCCCCCCCC. The molecule has 0 aliphatic carbocycles. The van der Waals surface area contributed by atoms with E-state index in [1.807, 2.05) is 0 Å². The lowest BCUT2D eigenvalue weighted by Crippen LogP contribution is -1.88. The lowest BCUT2D eigenvalue weighted by atomic mass is 10.0. The second-order valence-corrected chi connectivity index (χ2v) is 4.48. The summed E-state index contributed by atoms with van der Waals surface area (Å²) in [5.74, 6) is 0.718. The molecule has 0 aliphatic heterocycles. The summed E-state index contributed by atoms with van der Waals surface area (Å²) in [5.41, 5.74) is 0. The minimum Gasteiger partial charge on any atom is -0.103 e. The van der Waals surface area contributed by atoms with Crippen molar-refractivity contribution in [1.29, 1.82) is 0 Å². The zero-order valence-electron chi connectivity index (χ0n) is 10.2. The fourth-order valence-corrected chi connectivity index (χ4v) is 1.72. The van der Waals surface area contributed by atoms with Crippen LogP contribution in [0.2, 0.25) is 0 Å². The van der Waals surface area contributed by atoms with Crippen LogP contribution < -0.4 is 0 Å². The Bertz CT molecular complexity index is 115. The second kappa shape index (κ2) is 10.8. The normalized spacial score (nSPS) is 12.7. The maximum Gasteiger partial charge on any atom is -0.0265 e. The zero-order valence-corrected chi connectivity index (χ0v) is 10.2. The van der Waals surface area contributed by atoms with Crippen LogP contribution in [0.25, 0.3) is 0 Å². The van der Waals surface area contributed by atoms with E-state index in [0.29, 0.717) is 0 Å². The van der Waals surface area contributed by atoms with E-state index in [9.17, 15) is 0 Å². The van der Waals surface area contributed by atoms with Crippen LogP contribution >= 0.6 is 0 Å². The van der Waals surface area contributed by atoms with Crippen LogP contribution in [0.4, 0.5) is 0 Å². The Labute approximate surface area is 90.8 Å². The third kappa shape index (κ3) is 9.83. The predicted octanol–water partition coefficient (Wildman–Crippen LogP) is 5.34. The van der Waals surface area contributed by atoms with Gasteiger partial charge in [-0.05, 0) is 12.3 Å². The van der Waals surface area contributed by atoms with Gasteiger partial charge in [-0.2, -0.15) is 0 Å². The highest BCUT2D eigenvalue weighted by Crippen LogP contribution is 2.13. The highest BCUT2D eigenvalue weighted by Gasteiger charge is 1.95. The molecule has 0 radical (unpaired) electrons. The van der Waals surface area contributed by atoms with E-state index in [2.05, 4.69) is 26.5 Å². The van der Waals surface area contributed by atoms with Crippen LogP contribution in [0.5, 0.6) is 0 Å². The molecule has 0 spiro atoms. The van der Waals surface area contributed by atoms with Crippen molar-refractivity contribution in [3.8, 4) is 0 Å². The zero-order chi connectivity index (χ0) is 10.6. The number of unbranched alkanes of at least 4 members (excludes halogenated alkanes) is 7. The molecule has 0 heteroatoms. The van der Waals surface area contributed by atoms with E-state index >= 15 is 0 Å². The Morgan fingerprint density at radius 2 is 1.43 bits per heavy atom. The molecule has 0 fully saturated rings. The molecule has 1 unspecified atom stereocenters. The third-order valence-corrected chi connectivity index (χ3v) is 2.92. The molecule has 0 bridgehead atoms. The van der Waals surface area contributed by atoms with E-state index in [0.717, 1.165) is 5.92 Å². The highest BCUT2D eigenvalue weighted by atomic mass is 14.0. The van der Waals surface area contributed by atoms with Gasteiger partial charge < -0.3 is 0 Å². The van der Waals surface area contributed by atoms with E-state index in [-0.39, 0.29) is 0 Å². The number of hydrogen-bond donors (Lipinski definition) is 0. The van der Waals surface area contributed by atoms with Gasteiger partial charge in [0.05, 0.1) is 0 Å². The minimum atomic E-state index is 0.718. The smallest absolute Gasteiger partial charge is 0.0265 e. The van der Waals surface area contributed by atoms with Gasteiger partial charge in [0.15, 0.2) is 0 Å². The number of hydrogen-bond acceptors (Lipinski definition) is 0. The summed E-state index contributed by atoms with van der Waals surface area (Å²) in [6.07, 6.45) is 14.8. The Kier molecular flexibility index (Phi) is 10.6. The van der Waals surface area contributed by atoms with Crippen molar-refractivity contribution in [2.24, 2.45) is 5.92 Å². The monoisotopic (exact) mass is 196 g/mol. The van der Waals surface area contributed by atoms with Gasteiger partial charge >= 0.3 is 0 Å². The van der Waals surface area contributed by atoms with Crippen molar-refractivity contribution in [2.75, 3.05) is 0 Å². The highest BCUT2D eigenvalue weighted by molar-refractivity contribution is 4.74. The van der Waals surface area contributed by atoms with Crippen molar-refractivity contribution in [1.82, 2.24) is 0 Å². The lowest BCUT2D eigenvalue weighted by molar-refractivity contribution is 0.533. The summed E-state index contributed by atoms with van der Waals surface area (Å²) in [6.45, 7) is 8.34. The molecule has 0 aliphatic rings. The van der Waals surface area contributed by atoms with Crippen molar-refractivity contribution in [2.45, 2.75) is 71.6 Å². The molecule has 14 heavy (non-hydrogen) atoms. The molecule has 0 saturated heterocycles. The average Bonchev–Trinajstić information content (AvgIpc) is 2.21. The molecule has 0 aromatic carbocycles. The van der Waals surface area contributed by atoms with Crippen LogP contribution in [0.3, 0.4) is 0 Å². The van der Waals surface area contributed by atoms with Crippen molar-refractivity contribution >= 4 is 0 Å². The first-order chi connectivity index (χ1) is 6.81. The lowest BCUT2D eigenvalue weighted by Gasteiger charge is -2.05. The minimum absolute atomic E-state index is 0.718. The molecule has 0 aromatic rings. The Hall–Kier alpha value is -0.260. The van der Waals surface area contributed by atoms with E-state index < -0.39 is 0 Å². The fraction of sp³-hybridized carbons (Fsp3) is 0.857. The van der Waals surface area contributed by atoms with Gasteiger partial charge in [-0.3, -0.25) is 0 Å². The Balaban J connectivity index is 2.95. The molecule has 0 nitrogen and oxygen atoms in total. The summed E-state index contributed by atoms with van der Waals surface area (Å²) < 4.78 is 0. The molecule has 0 amide bonds. The first kappa shape index (κ1) is 13.7. The van der Waals surface area contributed by atoms with Crippen LogP contribution in [0.1, 0.15) is 71.6 Å². The maximum atomic E-state index is 3.81. The predicted molar refractivity (Wildman–Crippen MR) is 66.6 cm³/mol. The van der Waals surface area contributed by atoms with Crippen LogP contribution in [0, 0.1) is 5.92 Å². The molecule has 0 saturated carbocycles. The average molecular weight is 196 g/mol. The first-order valence-corrected chi connectivity index (χ1v) is 6.43. The van der Waals surface area contributed by atoms with Crippen molar-refractivity contribution in [3.05, 3.63) is 12.7 Å². The third-order valence-electron chi connectivity index (χ3n) is 2.92. The Morgan fingerprint density at radius 3 is 1.93 bits per heavy atom. The number of allylic oxidation sites excluding steroid dienone is 1. The fourth-order valence-electron chi connectivity index (χ4n) is 1.72. The quantitative estimate of drug-likeness (QED) is 0.327.